The van der Waals surface area contributed by atoms with E-state index in [0.717, 1.165) is 16.8 Å². The average Bonchev–Trinajstić information content (AvgIpc) is 3.28. The molecule has 2 aromatic carbocycles. The summed E-state index contributed by atoms with van der Waals surface area (Å²) >= 11 is 0. The van der Waals surface area contributed by atoms with E-state index in [9.17, 15) is 4.79 Å². The van der Waals surface area contributed by atoms with Crippen molar-refractivity contribution in [3.05, 3.63) is 65.9 Å². The summed E-state index contributed by atoms with van der Waals surface area (Å²) in [4.78, 5) is 11.9. The van der Waals surface area contributed by atoms with Crippen molar-refractivity contribution >= 4 is 11.6 Å². The molecule has 2 heterocycles. The Balaban J connectivity index is 1.70. The first-order valence-electron chi connectivity index (χ1n) is 8.09. The maximum atomic E-state index is 11.9. The number of allylic oxidation sites excluding steroid dienone is 1. The van der Waals surface area contributed by atoms with Gasteiger partial charge in [0, 0.05) is 0 Å². The molecule has 0 aliphatic carbocycles. The third-order valence-corrected chi connectivity index (χ3v) is 4.09. The number of nitrogens with two attached hydrogens (primary N) is 1. The highest BCUT2D eigenvalue weighted by Gasteiger charge is 2.25. The number of carbonyl (C=O) groups is 1. The van der Waals surface area contributed by atoms with Gasteiger partial charge in [-0.25, -0.2) is 0 Å². The zero-order valence-corrected chi connectivity index (χ0v) is 13.8. The maximum Gasteiger partial charge on any atom is 0.345 e. The van der Waals surface area contributed by atoms with Gasteiger partial charge in [0.1, 0.15) is 0 Å². The first-order valence-corrected chi connectivity index (χ1v) is 8.09. The van der Waals surface area contributed by atoms with Crippen LogP contribution in [0.15, 0.2) is 54.7 Å². The number of nitrogens with one attached hydrogen (secondary N) is 1. The summed E-state index contributed by atoms with van der Waals surface area (Å²) < 4.78 is 7.42. The Kier molecular flexibility index (Phi) is 4.06. The van der Waals surface area contributed by atoms with Gasteiger partial charge in [-0.1, -0.05) is 35.4 Å². The van der Waals surface area contributed by atoms with E-state index in [-0.39, 0.29) is 11.9 Å². The van der Waals surface area contributed by atoms with Gasteiger partial charge in [0.05, 0.1) is 17.8 Å². The van der Waals surface area contributed by atoms with Gasteiger partial charge in [-0.2, -0.15) is 4.68 Å². The highest BCUT2D eigenvalue weighted by atomic mass is 16.5. The number of hydrogen-bond donors (Lipinski definition) is 2. The second-order valence-electron chi connectivity index (χ2n) is 5.74. The minimum atomic E-state index is -0.0725. The van der Waals surface area contributed by atoms with Crippen LogP contribution in [0, 0.1) is 0 Å². The predicted molar refractivity (Wildman–Crippen MR) is 95.0 cm³/mol. The van der Waals surface area contributed by atoms with Crippen molar-refractivity contribution in [2.75, 3.05) is 5.32 Å². The van der Waals surface area contributed by atoms with Gasteiger partial charge in [0.25, 0.3) is 0 Å². The zero-order chi connectivity index (χ0) is 17.9. The molecule has 26 heavy (non-hydrogen) atoms. The van der Waals surface area contributed by atoms with Crippen LogP contribution < -0.4 is 15.8 Å². The van der Waals surface area contributed by atoms with Gasteiger partial charge in [-0.15, -0.1) is 0 Å². The van der Waals surface area contributed by atoms with E-state index < -0.39 is 0 Å². The first-order chi connectivity index (χ1) is 12.8. The minimum Gasteiger partial charge on any atom is -0.421 e. The second-order valence-corrected chi connectivity index (χ2v) is 5.74. The smallest absolute Gasteiger partial charge is 0.345 e. The predicted octanol–water partition coefficient (Wildman–Crippen LogP) is 1.96. The number of amides is 1. The standard InChI is InChI=1S/C18H16N6O2/c19-10-4-5-12-8-9-15(17-14(12)11-16(25)20-17)26-18-21-22-23-24(18)13-6-2-1-3-7-13/h1-4,6-10H,5,11,19H2,(H,20,25). The van der Waals surface area contributed by atoms with E-state index in [2.05, 4.69) is 20.8 Å². The van der Waals surface area contributed by atoms with Crippen molar-refractivity contribution in [1.29, 1.82) is 0 Å². The van der Waals surface area contributed by atoms with E-state index >= 15 is 0 Å². The fourth-order valence-electron chi connectivity index (χ4n) is 2.90. The molecule has 8 heteroatoms. The molecule has 3 aromatic rings. The van der Waals surface area contributed by atoms with Crippen LogP contribution >= 0.6 is 0 Å². The molecule has 130 valence electrons. The molecule has 3 N–H and O–H groups in total. The topological polar surface area (TPSA) is 108 Å². The number of benzene rings is 2. The Hall–Kier alpha value is -3.68. The van der Waals surface area contributed by atoms with Crippen LogP contribution in [-0.2, 0) is 17.6 Å². The molecule has 1 aromatic heterocycles. The summed E-state index contributed by atoms with van der Waals surface area (Å²) in [6.07, 6.45) is 4.30. The molecule has 0 unspecified atom stereocenters. The fraction of sp³-hybridized carbons (Fsp3) is 0.111. The van der Waals surface area contributed by atoms with E-state index in [4.69, 9.17) is 10.5 Å². The summed E-state index contributed by atoms with van der Waals surface area (Å²) in [5, 5.41) is 14.5. The van der Waals surface area contributed by atoms with Gasteiger partial charge in [0.15, 0.2) is 5.75 Å². The Morgan fingerprint density at radius 1 is 1.23 bits per heavy atom. The number of aromatic nitrogens is 4. The summed E-state index contributed by atoms with van der Waals surface area (Å²) in [6, 6.07) is 13.4. The normalized spacial score (nSPS) is 13.0. The van der Waals surface area contributed by atoms with Gasteiger partial charge in [-0.3, -0.25) is 4.79 Å². The third-order valence-electron chi connectivity index (χ3n) is 4.09. The van der Waals surface area contributed by atoms with Crippen LogP contribution in [0.3, 0.4) is 0 Å². The lowest BCUT2D eigenvalue weighted by molar-refractivity contribution is -0.115. The quantitative estimate of drug-likeness (QED) is 0.730. The number of carbonyl (C=O) groups excluding carboxylic acids is 1. The molecule has 4 rings (SSSR count). The molecule has 0 saturated carbocycles. The van der Waals surface area contributed by atoms with Crippen molar-refractivity contribution in [3.63, 3.8) is 0 Å². The van der Waals surface area contributed by atoms with Gasteiger partial charge >= 0.3 is 6.01 Å². The van der Waals surface area contributed by atoms with Crippen LogP contribution in [0.2, 0.25) is 0 Å². The lowest BCUT2D eigenvalue weighted by Gasteiger charge is -2.12. The summed E-state index contributed by atoms with van der Waals surface area (Å²) in [6.45, 7) is 0. The minimum absolute atomic E-state index is 0.0725. The molecule has 0 bridgehead atoms. The zero-order valence-electron chi connectivity index (χ0n) is 13.8. The molecule has 1 aliphatic heterocycles. The third kappa shape index (κ3) is 2.88. The summed E-state index contributed by atoms with van der Waals surface area (Å²) in [5.41, 5.74) is 8.79. The van der Waals surface area contributed by atoms with E-state index in [0.29, 0.717) is 24.3 Å². The number of tetrazole rings is 1. The SMILES string of the molecule is NC=CCc1ccc(Oc2nnnn2-c2ccccc2)c2c1CC(=O)N2. The number of hydrogen-bond acceptors (Lipinski definition) is 6. The Morgan fingerprint density at radius 3 is 2.88 bits per heavy atom. The van der Waals surface area contributed by atoms with Crippen molar-refractivity contribution < 1.29 is 9.53 Å². The fourth-order valence-corrected chi connectivity index (χ4v) is 2.90. The van der Waals surface area contributed by atoms with Crippen molar-refractivity contribution in [2.45, 2.75) is 12.8 Å². The van der Waals surface area contributed by atoms with Crippen LogP contribution in [0.4, 0.5) is 5.69 Å². The van der Waals surface area contributed by atoms with Crippen LogP contribution in [0.5, 0.6) is 11.8 Å². The largest absolute Gasteiger partial charge is 0.421 e. The molecular formula is C18H16N6O2. The Labute approximate surface area is 149 Å². The molecule has 0 atom stereocenters. The Bertz CT molecular complexity index is 981. The molecule has 1 aliphatic rings. The number of rotatable bonds is 5. The second kappa shape index (κ2) is 6.67. The number of ether oxygens (including phenoxy) is 1. The van der Waals surface area contributed by atoms with Crippen molar-refractivity contribution in [3.8, 4) is 17.4 Å². The molecule has 0 fully saturated rings. The monoisotopic (exact) mass is 348 g/mol. The van der Waals surface area contributed by atoms with Gasteiger partial charge in [0.2, 0.25) is 5.91 Å². The average molecular weight is 348 g/mol. The van der Waals surface area contributed by atoms with Crippen LogP contribution in [-0.4, -0.2) is 26.1 Å². The Morgan fingerprint density at radius 2 is 2.08 bits per heavy atom. The van der Waals surface area contributed by atoms with E-state index in [1.165, 1.54) is 10.9 Å². The number of nitrogens with zero attached hydrogens (tertiary/aromatic N) is 4. The van der Waals surface area contributed by atoms with Crippen LogP contribution in [0.25, 0.3) is 5.69 Å². The molecular weight excluding hydrogens is 332 g/mol. The first kappa shape index (κ1) is 15.8. The maximum absolute atomic E-state index is 11.9. The van der Waals surface area contributed by atoms with Crippen molar-refractivity contribution in [2.24, 2.45) is 5.73 Å². The molecule has 0 radical (unpaired) electrons. The highest BCUT2D eigenvalue weighted by Crippen LogP contribution is 2.38. The number of fused-ring (bicyclic) bond motifs is 1. The molecule has 0 spiro atoms. The van der Waals surface area contributed by atoms with Crippen LogP contribution in [0.1, 0.15) is 11.1 Å². The number of para-hydroxylation sites is 1. The number of anilines is 1. The molecule has 1 amide bonds. The van der Waals surface area contributed by atoms with Crippen molar-refractivity contribution in [1.82, 2.24) is 20.2 Å². The van der Waals surface area contributed by atoms with E-state index in [1.54, 1.807) is 6.07 Å². The van der Waals surface area contributed by atoms with Gasteiger partial charge in [-0.05, 0) is 52.4 Å². The summed E-state index contributed by atoms with van der Waals surface area (Å²) in [5.74, 6) is 0.426. The highest BCUT2D eigenvalue weighted by molar-refractivity contribution is 6.01. The van der Waals surface area contributed by atoms with E-state index in [1.807, 2.05) is 42.5 Å². The lowest BCUT2D eigenvalue weighted by atomic mass is 10.0. The molecule has 0 saturated heterocycles. The lowest BCUT2D eigenvalue weighted by Crippen LogP contribution is -2.05. The summed E-state index contributed by atoms with van der Waals surface area (Å²) in [7, 11) is 0. The van der Waals surface area contributed by atoms with Gasteiger partial charge < -0.3 is 15.8 Å². The molecule has 8 nitrogen and oxygen atoms in total.